The van der Waals surface area contributed by atoms with Gasteiger partial charge in [0.2, 0.25) is 0 Å². The number of halogens is 1. The van der Waals surface area contributed by atoms with E-state index in [0.717, 1.165) is 21.3 Å². The molecule has 0 saturated carbocycles. The fourth-order valence-corrected chi connectivity index (χ4v) is 2.03. The molecule has 1 aromatic carbocycles. The summed E-state index contributed by atoms with van der Waals surface area (Å²) in [6.07, 6.45) is 1.06. The van der Waals surface area contributed by atoms with Gasteiger partial charge in [-0.3, -0.25) is 4.98 Å². The minimum Gasteiger partial charge on any atom is -0.456 e. The number of hydrogen-bond acceptors (Lipinski definition) is 3. The molecule has 0 aliphatic heterocycles. The molecular formula is C15H16BrNO2. The Morgan fingerprint density at radius 2 is 1.79 bits per heavy atom. The van der Waals surface area contributed by atoms with Crippen molar-refractivity contribution in [2.75, 3.05) is 0 Å². The van der Waals surface area contributed by atoms with E-state index in [4.69, 9.17) is 4.74 Å². The van der Waals surface area contributed by atoms with Gasteiger partial charge < -0.3 is 9.84 Å². The van der Waals surface area contributed by atoms with E-state index in [0.29, 0.717) is 11.4 Å². The largest absolute Gasteiger partial charge is 0.456 e. The summed E-state index contributed by atoms with van der Waals surface area (Å²) in [4.78, 5) is 4.15. The van der Waals surface area contributed by atoms with Crippen LogP contribution in [0.4, 0.5) is 0 Å². The molecule has 0 amide bonds. The second kappa shape index (κ2) is 5.72. The van der Waals surface area contributed by atoms with Crippen LogP contribution in [0.15, 0.2) is 34.9 Å². The number of benzene rings is 1. The third kappa shape index (κ3) is 3.33. The Kier molecular flexibility index (Phi) is 4.22. The van der Waals surface area contributed by atoms with Crippen molar-refractivity contribution in [2.24, 2.45) is 0 Å². The average molecular weight is 322 g/mol. The highest BCUT2D eigenvalue weighted by Gasteiger charge is 2.06. The zero-order valence-electron chi connectivity index (χ0n) is 11.1. The molecule has 1 unspecified atom stereocenters. The maximum Gasteiger partial charge on any atom is 0.145 e. The van der Waals surface area contributed by atoms with Crippen molar-refractivity contribution < 1.29 is 9.84 Å². The second-order valence-corrected chi connectivity index (χ2v) is 5.36. The van der Waals surface area contributed by atoms with E-state index < -0.39 is 6.10 Å². The lowest BCUT2D eigenvalue weighted by atomic mass is 10.1. The lowest BCUT2D eigenvalue weighted by Gasteiger charge is -2.10. The number of rotatable bonds is 3. The summed E-state index contributed by atoms with van der Waals surface area (Å²) >= 11 is 3.53. The van der Waals surface area contributed by atoms with Crippen molar-refractivity contribution in [3.63, 3.8) is 0 Å². The minimum absolute atomic E-state index is 0.564. The molecule has 0 radical (unpaired) electrons. The first-order chi connectivity index (χ1) is 8.97. The average Bonchev–Trinajstić information content (AvgIpc) is 2.36. The molecule has 0 spiro atoms. The van der Waals surface area contributed by atoms with Crippen LogP contribution >= 0.6 is 15.9 Å². The summed E-state index contributed by atoms with van der Waals surface area (Å²) in [6.45, 7) is 5.74. The lowest BCUT2D eigenvalue weighted by Crippen LogP contribution is -1.95. The summed E-state index contributed by atoms with van der Waals surface area (Å²) in [6, 6.07) is 7.51. The van der Waals surface area contributed by atoms with Gasteiger partial charge in [0.15, 0.2) is 0 Å². The molecule has 0 aliphatic rings. The van der Waals surface area contributed by atoms with Crippen molar-refractivity contribution in [2.45, 2.75) is 26.9 Å². The highest BCUT2D eigenvalue weighted by Crippen LogP contribution is 2.29. The van der Waals surface area contributed by atoms with Crippen molar-refractivity contribution in [3.05, 3.63) is 51.8 Å². The van der Waals surface area contributed by atoms with Gasteiger partial charge in [-0.15, -0.1) is 0 Å². The Balaban J connectivity index is 2.21. The number of hydrogen-bond donors (Lipinski definition) is 1. The third-order valence-electron chi connectivity index (χ3n) is 2.83. The standard InChI is InChI=1S/C15H16BrNO2/c1-9-6-13(7-10(2)15(9)16)19-12-4-5-14(11(3)18)17-8-12/h4-8,11,18H,1-3H3. The molecule has 0 saturated heterocycles. The first kappa shape index (κ1) is 14.0. The smallest absolute Gasteiger partial charge is 0.145 e. The van der Waals surface area contributed by atoms with Gasteiger partial charge in [0.05, 0.1) is 18.0 Å². The summed E-state index contributed by atoms with van der Waals surface area (Å²) < 4.78 is 6.86. The SMILES string of the molecule is Cc1cc(Oc2ccc(C(C)O)nc2)cc(C)c1Br. The summed E-state index contributed by atoms with van der Waals surface area (Å²) in [5.41, 5.74) is 2.89. The molecule has 19 heavy (non-hydrogen) atoms. The van der Waals surface area contributed by atoms with Gasteiger partial charge in [0, 0.05) is 4.47 Å². The van der Waals surface area contributed by atoms with Gasteiger partial charge in [-0.2, -0.15) is 0 Å². The molecule has 4 heteroatoms. The van der Waals surface area contributed by atoms with Gasteiger partial charge in [0.25, 0.3) is 0 Å². The zero-order chi connectivity index (χ0) is 14.0. The van der Waals surface area contributed by atoms with Crippen LogP contribution in [0.3, 0.4) is 0 Å². The van der Waals surface area contributed by atoms with Gasteiger partial charge >= 0.3 is 0 Å². The van der Waals surface area contributed by atoms with Gasteiger partial charge in [-0.25, -0.2) is 0 Å². The predicted octanol–water partition coefficient (Wildman–Crippen LogP) is 4.31. The predicted molar refractivity (Wildman–Crippen MR) is 78.6 cm³/mol. The number of nitrogens with zero attached hydrogens (tertiary/aromatic N) is 1. The molecule has 0 aliphatic carbocycles. The first-order valence-electron chi connectivity index (χ1n) is 6.06. The number of aryl methyl sites for hydroxylation is 2. The van der Waals surface area contributed by atoms with E-state index >= 15 is 0 Å². The first-order valence-corrected chi connectivity index (χ1v) is 6.85. The van der Waals surface area contributed by atoms with Gasteiger partial charge in [-0.05, 0) is 56.2 Å². The summed E-state index contributed by atoms with van der Waals surface area (Å²) in [5, 5.41) is 9.40. The molecule has 1 aromatic heterocycles. The summed E-state index contributed by atoms with van der Waals surface area (Å²) in [7, 11) is 0. The number of aromatic nitrogens is 1. The van der Waals surface area contributed by atoms with Gasteiger partial charge in [0.1, 0.15) is 11.5 Å². The zero-order valence-corrected chi connectivity index (χ0v) is 12.7. The van der Waals surface area contributed by atoms with E-state index in [1.54, 1.807) is 19.2 Å². The Morgan fingerprint density at radius 1 is 1.16 bits per heavy atom. The van der Waals surface area contributed by atoms with Crippen molar-refractivity contribution >= 4 is 15.9 Å². The number of aliphatic hydroxyl groups is 1. The van der Waals surface area contributed by atoms with Crippen LogP contribution in [-0.2, 0) is 0 Å². The van der Waals surface area contributed by atoms with Crippen LogP contribution in [0.2, 0.25) is 0 Å². The Hall–Kier alpha value is -1.39. The van der Waals surface area contributed by atoms with E-state index in [2.05, 4.69) is 20.9 Å². The maximum atomic E-state index is 9.40. The van der Waals surface area contributed by atoms with E-state index in [9.17, 15) is 5.11 Å². The van der Waals surface area contributed by atoms with Crippen LogP contribution in [-0.4, -0.2) is 10.1 Å². The third-order valence-corrected chi connectivity index (χ3v) is 4.08. The van der Waals surface area contributed by atoms with Crippen LogP contribution in [0.5, 0.6) is 11.5 Å². The monoisotopic (exact) mass is 321 g/mol. The number of ether oxygens (including phenoxy) is 1. The molecule has 1 N–H and O–H groups in total. The molecule has 3 nitrogen and oxygen atoms in total. The highest BCUT2D eigenvalue weighted by atomic mass is 79.9. The summed E-state index contributed by atoms with van der Waals surface area (Å²) in [5.74, 6) is 1.44. The molecule has 1 heterocycles. The molecule has 2 rings (SSSR count). The van der Waals surface area contributed by atoms with Crippen LogP contribution in [0.1, 0.15) is 29.8 Å². The van der Waals surface area contributed by atoms with Crippen LogP contribution in [0, 0.1) is 13.8 Å². The van der Waals surface area contributed by atoms with Crippen molar-refractivity contribution in [1.82, 2.24) is 4.98 Å². The van der Waals surface area contributed by atoms with E-state index in [1.807, 2.05) is 32.0 Å². The van der Waals surface area contributed by atoms with Crippen LogP contribution in [0.25, 0.3) is 0 Å². The highest BCUT2D eigenvalue weighted by molar-refractivity contribution is 9.10. The Morgan fingerprint density at radius 3 is 2.26 bits per heavy atom. The Labute approximate surface area is 121 Å². The number of pyridine rings is 1. The van der Waals surface area contributed by atoms with E-state index in [1.165, 1.54) is 0 Å². The molecule has 0 bridgehead atoms. The topological polar surface area (TPSA) is 42.4 Å². The second-order valence-electron chi connectivity index (χ2n) is 4.57. The lowest BCUT2D eigenvalue weighted by molar-refractivity contribution is 0.194. The van der Waals surface area contributed by atoms with Gasteiger partial charge in [-0.1, -0.05) is 15.9 Å². The van der Waals surface area contributed by atoms with Crippen LogP contribution < -0.4 is 4.74 Å². The molecule has 1 atom stereocenters. The molecule has 100 valence electrons. The van der Waals surface area contributed by atoms with Crippen molar-refractivity contribution in [1.29, 1.82) is 0 Å². The minimum atomic E-state index is -0.564. The normalized spacial score (nSPS) is 12.3. The quantitative estimate of drug-likeness (QED) is 0.916. The molecular weight excluding hydrogens is 306 g/mol. The van der Waals surface area contributed by atoms with Crippen molar-refractivity contribution in [3.8, 4) is 11.5 Å². The molecule has 0 fully saturated rings. The maximum absolute atomic E-state index is 9.40. The molecule has 2 aromatic rings. The number of aliphatic hydroxyl groups excluding tert-OH is 1. The fourth-order valence-electron chi connectivity index (χ4n) is 1.80. The fraction of sp³-hybridized carbons (Fsp3) is 0.267. The Bertz CT molecular complexity index is 556. The van der Waals surface area contributed by atoms with E-state index in [-0.39, 0.29) is 0 Å².